The maximum absolute atomic E-state index is 12.2. The molecule has 0 saturated heterocycles. The van der Waals surface area contributed by atoms with Crippen molar-refractivity contribution in [2.75, 3.05) is 17.2 Å². The van der Waals surface area contributed by atoms with E-state index in [0.717, 1.165) is 0 Å². The molecule has 2 N–H and O–H groups in total. The highest BCUT2D eigenvalue weighted by atomic mass is 16.6. The molecule has 2 rings (SSSR count). The molecule has 110 valence electrons. The highest BCUT2D eigenvalue weighted by Gasteiger charge is 2.25. The lowest BCUT2D eigenvalue weighted by Gasteiger charge is -2.08. The van der Waals surface area contributed by atoms with E-state index in [9.17, 15) is 14.9 Å². The zero-order valence-corrected chi connectivity index (χ0v) is 11.5. The number of rotatable bonds is 5. The Labute approximate surface area is 120 Å². The Kier molecular flexibility index (Phi) is 4.17. The van der Waals surface area contributed by atoms with Crippen molar-refractivity contribution in [1.29, 1.82) is 0 Å². The number of aryl methyl sites for hydroxylation is 1. The van der Waals surface area contributed by atoms with E-state index in [1.165, 1.54) is 12.3 Å². The first-order chi connectivity index (χ1) is 10.0. The molecular formula is C13H14N4O4. The molecular weight excluding hydrogens is 276 g/mol. The van der Waals surface area contributed by atoms with Gasteiger partial charge in [0, 0.05) is 6.54 Å². The average molecular weight is 290 g/mol. The average Bonchev–Trinajstić information content (AvgIpc) is 2.84. The summed E-state index contributed by atoms with van der Waals surface area (Å²) in [5.74, 6) is -0.650. The van der Waals surface area contributed by atoms with E-state index in [0.29, 0.717) is 17.9 Å². The number of anilines is 2. The van der Waals surface area contributed by atoms with Gasteiger partial charge in [-0.1, -0.05) is 6.07 Å². The van der Waals surface area contributed by atoms with E-state index in [-0.39, 0.29) is 17.3 Å². The Morgan fingerprint density at radius 2 is 2.24 bits per heavy atom. The number of nitrogens with zero attached hydrogens (tertiary/aromatic N) is 2. The van der Waals surface area contributed by atoms with E-state index in [1.807, 2.05) is 6.92 Å². The molecule has 0 radical (unpaired) electrons. The van der Waals surface area contributed by atoms with Crippen molar-refractivity contribution in [3.63, 3.8) is 0 Å². The van der Waals surface area contributed by atoms with Crippen LogP contribution in [0.15, 0.2) is 28.9 Å². The summed E-state index contributed by atoms with van der Waals surface area (Å²) in [6, 6.07) is 4.50. The molecule has 0 aliphatic rings. The van der Waals surface area contributed by atoms with E-state index in [1.54, 1.807) is 19.1 Å². The normalized spacial score (nSPS) is 10.2. The molecule has 1 heterocycles. The maximum Gasteiger partial charge on any atom is 0.305 e. The number of carbonyl (C=O) groups is 1. The summed E-state index contributed by atoms with van der Waals surface area (Å²) in [4.78, 5) is 26.7. The third kappa shape index (κ3) is 3.16. The van der Waals surface area contributed by atoms with Crippen molar-refractivity contribution >= 4 is 23.3 Å². The third-order valence-electron chi connectivity index (χ3n) is 2.67. The van der Waals surface area contributed by atoms with E-state index in [2.05, 4.69) is 15.6 Å². The lowest BCUT2D eigenvalue weighted by Crippen LogP contribution is -2.15. The SMILES string of the molecule is CCNc1cccc(C(=O)Nc2nc(C)co2)c1[N+](=O)[O-]. The fourth-order valence-electron chi connectivity index (χ4n) is 1.83. The van der Waals surface area contributed by atoms with Crippen LogP contribution in [0.1, 0.15) is 23.0 Å². The first kappa shape index (κ1) is 14.5. The Hall–Kier alpha value is -2.90. The number of carbonyl (C=O) groups excluding carboxylic acids is 1. The van der Waals surface area contributed by atoms with Crippen LogP contribution in [-0.2, 0) is 0 Å². The molecule has 0 bridgehead atoms. The summed E-state index contributed by atoms with van der Waals surface area (Å²) in [5.41, 5.74) is 0.550. The van der Waals surface area contributed by atoms with Gasteiger partial charge < -0.3 is 9.73 Å². The third-order valence-corrected chi connectivity index (χ3v) is 2.67. The minimum absolute atomic E-state index is 0.000603. The van der Waals surface area contributed by atoms with Crippen molar-refractivity contribution in [2.45, 2.75) is 13.8 Å². The van der Waals surface area contributed by atoms with Gasteiger partial charge in [-0.05, 0) is 26.0 Å². The van der Waals surface area contributed by atoms with Crippen LogP contribution in [0.2, 0.25) is 0 Å². The van der Waals surface area contributed by atoms with Crippen LogP contribution in [0, 0.1) is 17.0 Å². The number of amides is 1. The van der Waals surface area contributed by atoms with Gasteiger partial charge in [-0.15, -0.1) is 0 Å². The first-order valence-electron chi connectivity index (χ1n) is 6.27. The second-order valence-electron chi connectivity index (χ2n) is 4.24. The van der Waals surface area contributed by atoms with Gasteiger partial charge in [-0.2, -0.15) is 4.98 Å². The molecule has 1 aromatic carbocycles. The number of hydrogen-bond acceptors (Lipinski definition) is 6. The lowest BCUT2D eigenvalue weighted by molar-refractivity contribution is -0.384. The van der Waals surface area contributed by atoms with Gasteiger partial charge in [-0.3, -0.25) is 20.2 Å². The molecule has 0 fully saturated rings. The van der Waals surface area contributed by atoms with Crippen LogP contribution in [0.3, 0.4) is 0 Å². The van der Waals surface area contributed by atoms with Crippen LogP contribution in [0.5, 0.6) is 0 Å². The largest absolute Gasteiger partial charge is 0.432 e. The van der Waals surface area contributed by atoms with Crippen molar-refractivity contribution < 1.29 is 14.1 Å². The number of benzene rings is 1. The molecule has 0 unspecified atom stereocenters. The van der Waals surface area contributed by atoms with Gasteiger partial charge in [0.1, 0.15) is 17.5 Å². The van der Waals surface area contributed by atoms with Gasteiger partial charge in [0.25, 0.3) is 5.91 Å². The van der Waals surface area contributed by atoms with Crippen molar-refractivity contribution in [1.82, 2.24) is 4.98 Å². The van der Waals surface area contributed by atoms with Gasteiger partial charge in [0.15, 0.2) is 0 Å². The van der Waals surface area contributed by atoms with Gasteiger partial charge >= 0.3 is 11.7 Å². The first-order valence-corrected chi connectivity index (χ1v) is 6.27. The molecule has 0 atom stereocenters. The van der Waals surface area contributed by atoms with Crippen molar-refractivity contribution in [2.24, 2.45) is 0 Å². The Balaban J connectivity index is 2.35. The summed E-state index contributed by atoms with van der Waals surface area (Å²) in [7, 11) is 0. The Bertz CT molecular complexity index is 681. The fourth-order valence-corrected chi connectivity index (χ4v) is 1.83. The predicted octanol–water partition coefficient (Wildman–Crippen LogP) is 2.58. The van der Waals surface area contributed by atoms with Crippen LogP contribution < -0.4 is 10.6 Å². The summed E-state index contributed by atoms with van der Waals surface area (Å²) in [6.07, 6.45) is 1.37. The number of hydrogen-bond donors (Lipinski definition) is 2. The number of aromatic nitrogens is 1. The van der Waals surface area contributed by atoms with Crippen LogP contribution in [0.25, 0.3) is 0 Å². The van der Waals surface area contributed by atoms with E-state index < -0.39 is 10.8 Å². The fraction of sp³-hybridized carbons (Fsp3) is 0.231. The van der Waals surface area contributed by atoms with Gasteiger partial charge in [0.05, 0.1) is 10.6 Å². The molecule has 0 spiro atoms. The van der Waals surface area contributed by atoms with Gasteiger partial charge in [0.2, 0.25) is 0 Å². The Morgan fingerprint density at radius 3 is 2.81 bits per heavy atom. The number of oxazole rings is 1. The minimum atomic E-state index is -0.650. The predicted molar refractivity (Wildman–Crippen MR) is 76.5 cm³/mol. The van der Waals surface area contributed by atoms with E-state index in [4.69, 9.17) is 4.42 Å². The van der Waals surface area contributed by atoms with Gasteiger partial charge in [-0.25, -0.2) is 0 Å². The number of para-hydroxylation sites is 1. The highest BCUT2D eigenvalue weighted by molar-refractivity contribution is 6.07. The summed E-state index contributed by atoms with van der Waals surface area (Å²) in [5, 5.41) is 16.5. The van der Waals surface area contributed by atoms with Crippen LogP contribution in [-0.4, -0.2) is 22.4 Å². The quantitative estimate of drug-likeness (QED) is 0.646. The molecule has 21 heavy (non-hydrogen) atoms. The zero-order chi connectivity index (χ0) is 15.4. The van der Waals surface area contributed by atoms with Crippen molar-refractivity contribution in [3.05, 3.63) is 45.8 Å². The number of nitrogens with one attached hydrogen (secondary N) is 2. The zero-order valence-electron chi connectivity index (χ0n) is 11.5. The second kappa shape index (κ2) is 6.04. The highest BCUT2D eigenvalue weighted by Crippen LogP contribution is 2.29. The molecule has 0 saturated carbocycles. The maximum atomic E-state index is 12.2. The number of nitro benzene ring substituents is 1. The van der Waals surface area contributed by atoms with Crippen LogP contribution in [0.4, 0.5) is 17.4 Å². The Morgan fingerprint density at radius 1 is 1.48 bits per heavy atom. The smallest absolute Gasteiger partial charge is 0.305 e. The molecule has 0 aliphatic carbocycles. The van der Waals surface area contributed by atoms with E-state index >= 15 is 0 Å². The molecule has 8 nitrogen and oxygen atoms in total. The summed E-state index contributed by atoms with van der Waals surface area (Å²) < 4.78 is 5.01. The topological polar surface area (TPSA) is 110 Å². The number of nitro groups is 1. The van der Waals surface area contributed by atoms with Crippen LogP contribution >= 0.6 is 0 Å². The summed E-state index contributed by atoms with van der Waals surface area (Å²) >= 11 is 0. The minimum Gasteiger partial charge on any atom is -0.432 e. The molecule has 1 amide bonds. The molecule has 8 heteroatoms. The second-order valence-corrected chi connectivity index (χ2v) is 4.24. The molecule has 0 aliphatic heterocycles. The monoisotopic (exact) mass is 290 g/mol. The standard InChI is InChI=1S/C13H14N4O4/c1-3-14-10-6-4-5-9(11(10)17(19)20)12(18)16-13-15-8(2)7-21-13/h4-7,14H,3H2,1-2H3,(H,15,16,18). The van der Waals surface area contributed by atoms with Crippen molar-refractivity contribution in [3.8, 4) is 0 Å². The molecule has 2 aromatic rings. The lowest BCUT2D eigenvalue weighted by atomic mass is 10.1. The summed E-state index contributed by atoms with van der Waals surface area (Å²) in [6.45, 7) is 4.02. The molecule has 1 aromatic heterocycles.